The van der Waals surface area contributed by atoms with Crippen molar-refractivity contribution in [3.63, 3.8) is 0 Å². The molecular weight excluding hydrogens is 210 g/mol. The molecule has 94 valence electrons. The molecule has 0 radical (unpaired) electrons. The Hall–Kier alpha value is -0.860. The number of hydrogen-bond acceptors (Lipinski definition) is 2. The first kappa shape index (κ1) is 12.6. The number of nitrogens with one attached hydrogen (secondary N) is 1. The smallest absolute Gasteiger partial charge is 0.0713 e. The normalized spacial score (nSPS) is 24.8. The lowest BCUT2D eigenvalue weighted by Gasteiger charge is -2.32. The van der Waals surface area contributed by atoms with Crippen molar-refractivity contribution in [1.29, 1.82) is 0 Å². The number of hydrogen-bond donors (Lipinski definition) is 1. The van der Waals surface area contributed by atoms with E-state index in [1.165, 1.54) is 24.0 Å². The second-order valence-corrected chi connectivity index (χ2v) is 4.95. The zero-order valence-electron chi connectivity index (χ0n) is 10.9. The van der Waals surface area contributed by atoms with E-state index in [1.54, 1.807) is 7.11 Å². The highest BCUT2D eigenvalue weighted by molar-refractivity contribution is 5.27. The van der Waals surface area contributed by atoms with Crippen molar-refractivity contribution >= 4 is 0 Å². The van der Waals surface area contributed by atoms with Crippen LogP contribution in [0.4, 0.5) is 0 Å². The Bertz CT molecular complexity index is 351. The van der Waals surface area contributed by atoms with Gasteiger partial charge in [0, 0.05) is 7.11 Å². The minimum absolute atomic E-state index is 0.718. The van der Waals surface area contributed by atoms with Crippen LogP contribution in [-0.2, 0) is 11.3 Å². The summed E-state index contributed by atoms with van der Waals surface area (Å²) in [5, 5.41) is 3.50. The van der Waals surface area contributed by atoms with Gasteiger partial charge in [0.1, 0.15) is 0 Å². The van der Waals surface area contributed by atoms with Gasteiger partial charge in [-0.05, 0) is 42.5 Å². The van der Waals surface area contributed by atoms with Gasteiger partial charge in [0.05, 0.1) is 6.61 Å². The molecule has 1 aromatic rings. The summed E-state index contributed by atoms with van der Waals surface area (Å²) >= 11 is 0. The van der Waals surface area contributed by atoms with Gasteiger partial charge in [-0.25, -0.2) is 0 Å². The van der Waals surface area contributed by atoms with Crippen LogP contribution in [0.25, 0.3) is 0 Å². The van der Waals surface area contributed by atoms with E-state index < -0.39 is 0 Å². The maximum atomic E-state index is 5.21. The van der Waals surface area contributed by atoms with Crippen LogP contribution in [-0.4, -0.2) is 20.2 Å². The van der Waals surface area contributed by atoms with Crippen molar-refractivity contribution < 1.29 is 4.74 Å². The summed E-state index contributed by atoms with van der Waals surface area (Å²) in [5.74, 6) is 1.50. The molecule has 0 aliphatic carbocycles. The van der Waals surface area contributed by atoms with Crippen LogP contribution < -0.4 is 5.32 Å². The van der Waals surface area contributed by atoms with Gasteiger partial charge in [-0.1, -0.05) is 37.6 Å². The molecule has 1 aliphatic heterocycles. The van der Waals surface area contributed by atoms with E-state index in [2.05, 4.69) is 36.5 Å². The molecular formula is C15H23NO. The maximum absolute atomic E-state index is 5.21. The number of piperidine rings is 1. The molecule has 17 heavy (non-hydrogen) atoms. The molecule has 0 amide bonds. The Morgan fingerprint density at radius 2 is 2.29 bits per heavy atom. The summed E-state index contributed by atoms with van der Waals surface area (Å²) in [4.78, 5) is 0. The summed E-state index contributed by atoms with van der Waals surface area (Å²) in [6.45, 7) is 5.32. The average molecular weight is 233 g/mol. The van der Waals surface area contributed by atoms with Gasteiger partial charge in [-0.3, -0.25) is 0 Å². The van der Waals surface area contributed by atoms with Crippen LogP contribution in [0.15, 0.2) is 24.3 Å². The van der Waals surface area contributed by atoms with Gasteiger partial charge in [0.25, 0.3) is 0 Å². The first-order valence-electron chi connectivity index (χ1n) is 6.63. The summed E-state index contributed by atoms with van der Waals surface area (Å²) in [6.07, 6.45) is 2.51. The predicted octanol–water partition coefficient (Wildman–Crippen LogP) is 2.94. The van der Waals surface area contributed by atoms with Crippen molar-refractivity contribution in [3.05, 3.63) is 35.4 Å². The van der Waals surface area contributed by atoms with E-state index in [9.17, 15) is 0 Å². The monoisotopic (exact) mass is 233 g/mol. The Balaban J connectivity index is 2.16. The minimum Gasteiger partial charge on any atom is -0.380 e. The highest BCUT2D eigenvalue weighted by Crippen LogP contribution is 2.32. The molecule has 0 bridgehead atoms. The van der Waals surface area contributed by atoms with Gasteiger partial charge in [0.15, 0.2) is 0 Å². The fourth-order valence-electron chi connectivity index (χ4n) is 2.87. The third kappa shape index (κ3) is 3.08. The summed E-state index contributed by atoms with van der Waals surface area (Å²) in [5.41, 5.74) is 2.78. The molecule has 1 fully saturated rings. The van der Waals surface area contributed by atoms with Gasteiger partial charge in [-0.15, -0.1) is 0 Å². The van der Waals surface area contributed by atoms with Gasteiger partial charge in [-0.2, -0.15) is 0 Å². The summed E-state index contributed by atoms with van der Waals surface area (Å²) < 4.78 is 5.21. The molecule has 2 rings (SSSR count). The van der Waals surface area contributed by atoms with Crippen molar-refractivity contribution in [2.45, 2.75) is 32.3 Å². The van der Waals surface area contributed by atoms with Crippen LogP contribution in [0.2, 0.25) is 0 Å². The molecule has 0 spiro atoms. The number of methoxy groups -OCH3 is 1. The second kappa shape index (κ2) is 6.18. The highest BCUT2D eigenvalue weighted by atomic mass is 16.5. The van der Waals surface area contributed by atoms with Crippen LogP contribution in [0.3, 0.4) is 0 Å². The molecule has 1 heterocycles. The molecule has 0 aromatic heterocycles. The Kier molecular flexibility index (Phi) is 4.57. The Morgan fingerprint density at radius 3 is 3.06 bits per heavy atom. The molecule has 2 heteroatoms. The van der Waals surface area contributed by atoms with E-state index >= 15 is 0 Å². The largest absolute Gasteiger partial charge is 0.380 e. The molecule has 2 unspecified atom stereocenters. The topological polar surface area (TPSA) is 21.3 Å². The molecule has 1 aromatic carbocycles. The predicted molar refractivity (Wildman–Crippen MR) is 71.2 cm³/mol. The van der Waals surface area contributed by atoms with Crippen LogP contribution >= 0.6 is 0 Å². The van der Waals surface area contributed by atoms with Crippen LogP contribution in [0.5, 0.6) is 0 Å². The lowest BCUT2D eigenvalue weighted by atomic mass is 9.79. The van der Waals surface area contributed by atoms with Gasteiger partial charge in [0.2, 0.25) is 0 Å². The summed E-state index contributed by atoms with van der Waals surface area (Å²) in [7, 11) is 1.76. The number of ether oxygens (including phenoxy) is 1. The number of benzene rings is 1. The van der Waals surface area contributed by atoms with Crippen molar-refractivity contribution in [2.24, 2.45) is 5.92 Å². The molecule has 2 atom stereocenters. The quantitative estimate of drug-likeness (QED) is 0.863. The third-order valence-corrected chi connectivity index (χ3v) is 3.82. The zero-order valence-corrected chi connectivity index (χ0v) is 10.9. The SMILES string of the molecule is CCC1CNCCC1c1cccc(COC)c1. The summed E-state index contributed by atoms with van der Waals surface area (Å²) in [6, 6.07) is 8.91. The van der Waals surface area contributed by atoms with Gasteiger partial charge < -0.3 is 10.1 Å². The van der Waals surface area contributed by atoms with Crippen LogP contribution in [0.1, 0.15) is 36.8 Å². The standard InChI is InChI=1S/C15H23NO/c1-3-13-10-16-8-7-15(13)14-6-4-5-12(9-14)11-17-2/h4-6,9,13,15-16H,3,7-8,10-11H2,1-2H3. The minimum atomic E-state index is 0.718. The van der Waals surface area contributed by atoms with Crippen LogP contribution in [0, 0.1) is 5.92 Å². The Labute approximate surface area is 104 Å². The average Bonchev–Trinajstić information content (AvgIpc) is 2.39. The number of rotatable bonds is 4. The molecule has 1 saturated heterocycles. The van der Waals surface area contributed by atoms with E-state index in [1.807, 2.05) is 0 Å². The zero-order chi connectivity index (χ0) is 12.1. The first-order chi connectivity index (χ1) is 8.35. The van der Waals surface area contributed by atoms with Gasteiger partial charge >= 0.3 is 0 Å². The lowest BCUT2D eigenvalue weighted by molar-refractivity contribution is 0.184. The van der Waals surface area contributed by atoms with Crippen molar-refractivity contribution in [3.8, 4) is 0 Å². The van der Waals surface area contributed by atoms with E-state index in [-0.39, 0.29) is 0 Å². The fourth-order valence-corrected chi connectivity index (χ4v) is 2.87. The van der Waals surface area contributed by atoms with Crippen molar-refractivity contribution in [1.82, 2.24) is 5.32 Å². The Morgan fingerprint density at radius 1 is 1.41 bits per heavy atom. The molecule has 0 saturated carbocycles. The molecule has 1 aliphatic rings. The highest BCUT2D eigenvalue weighted by Gasteiger charge is 2.24. The maximum Gasteiger partial charge on any atom is 0.0713 e. The van der Waals surface area contributed by atoms with E-state index in [0.717, 1.165) is 31.5 Å². The fraction of sp³-hybridized carbons (Fsp3) is 0.600. The van der Waals surface area contributed by atoms with E-state index in [0.29, 0.717) is 0 Å². The molecule has 2 nitrogen and oxygen atoms in total. The third-order valence-electron chi connectivity index (χ3n) is 3.82. The first-order valence-corrected chi connectivity index (χ1v) is 6.63. The van der Waals surface area contributed by atoms with Crippen molar-refractivity contribution in [2.75, 3.05) is 20.2 Å². The lowest BCUT2D eigenvalue weighted by Crippen LogP contribution is -2.35. The second-order valence-electron chi connectivity index (χ2n) is 4.95. The van der Waals surface area contributed by atoms with E-state index in [4.69, 9.17) is 4.74 Å². The molecule has 1 N–H and O–H groups in total.